The molecule has 0 bridgehead atoms. The van der Waals surface area contributed by atoms with Gasteiger partial charge in [-0.25, -0.2) is 4.79 Å². The van der Waals surface area contributed by atoms with Crippen LogP contribution in [0, 0.1) is 20.8 Å². The number of H-pyrrole nitrogens is 1. The van der Waals surface area contributed by atoms with Crippen LogP contribution in [0.4, 0.5) is 5.82 Å². The minimum atomic E-state index is -1.08. The van der Waals surface area contributed by atoms with Gasteiger partial charge in [0, 0.05) is 11.8 Å². The van der Waals surface area contributed by atoms with Gasteiger partial charge in [-0.15, -0.1) is 0 Å². The Morgan fingerprint density at radius 3 is 2.61 bits per heavy atom. The van der Waals surface area contributed by atoms with E-state index in [4.69, 9.17) is 13.7 Å². The van der Waals surface area contributed by atoms with Crippen LogP contribution in [0.5, 0.6) is 0 Å². The third-order valence-electron chi connectivity index (χ3n) is 5.18. The molecule has 0 spiro atoms. The maximum absolute atomic E-state index is 13.0. The van der Waals surface area contributed by atoms with Gasteiger partial charge in [-0.1, -0.05) is 5.16 Å². The number of aromatic nitrogens is 2. The number of hydrogen-bond donors (Lipinski definition) is 2. The fourth-order valence-corrected chi connectivity index (χ4v) is 3.78. The van der Waals surface area contributed by atoms with E-state index in [2.05, 4.69) is 10.1 Å². The largest absolute Gasteiger partial charge is 0.505 e. The van der Waals surface area contributed by atoms with Gasteiger partial charge in [0.25, 0.3) is 5.78 Å². The highest BCUT2D eigenvalue weighted by molar-refractivity contribution is 6.51. The number of anilines is 1. The number of carbonyl (C=O) groups is 3. The lowest BCUT2D eigenvalue weighted by Crippen LogP contribution is -2.29. The van der Waals surface area contributed by atoms with Gasteiger partial charge in [0.1, 0.15) is 23.3 Å². The number of aromatic amines is 1. The number of rotatable bonds is 4. The highest BCUT2D eigenvalue weighted by Gasteiger charge is 2.49. The molecule has 0 radical (unpaired) electrons. The second-order valence-corrected chi connectivity index (χ2v) is 7.10. The zero-order valence-corrected chi connectivity index (χ0v) is 17.2. The summed E-state index contributed by atoms with van der Waals surface area (Å²) in [7, 11) is 1.25. The summed E-state index contributed by atoms with van der Waals surface area (Å²) in [5, 5.41) is 15.0. The van der Waals surface area contributed by atoms with E-state index in [1.165, 1.54) is 19.4 Å². The Hall–Kier alpha value is -4.08. The number of aryl methyl sites for hydroxylation is 2. The number of ketones is 1. The molecule has 1 atom stereocenters. The van der Waals surface area contributed by atoms with Crippen LogP contribution in [-0.2, 0) is 14.3 Å². The molecule has 0 saturated carbocycles. The Morgan fingerprint density at radius 2 is 2.03 bits per heavy atom. The van der Waals surface area contributed by atoms with E-state index in [0.717, 1.165) is 4.90 Å². The molecule has 1 saturated heterocycles. The minimum absolute atomic E-state index is 0.106. The lowest BCUT2D eigenvalue weighted by Gasteiger charge is -2.20. The van der Waals surface area contributed by atoms with E-state index in [1.54, 1.807) is 32.9 Å². The van der Waals surface area contributed by atoms with Crippen molar-refractivity contribution in [1.82, 2.24) is 10.1 Å². The molecule has 31 heavy (non-hydrogen) atoms. The number of nitrogens with one attached hydrogen (secondary N) is 1. The molecule has 10 heteroatoms. The number of aliphatic hydroxyl groups is 1. The third kappa shape index (κ3) is 3.03. The van der Waals surface area contributed by atoms with Crippen LogP contribution in [0.25, 0.3) is 5.76 Å². The standard InChI is InChI=1S/C21H19N3O7/c1-9-8-13(23-31-9)24-17(12-6-5-7-30-12)15(19(26)20(24)27)18(25)16-10(2)14(11(3)22-16)21(28)29-4/h5-8,17,22,25H,1-4H3/b18-15+. The predicted octanol–water partition coefficient (Wildman–Crippen LogP) is 2.93. The molecule has 0 aromatic carbocycles. The molecular weight excluding hydrogens is 406 g/mol. The van der Waals surface area contributed by atoms with E-state index in [-0.39, 0.29) is 28.4 Å². The first-order valence-corrected chi connectivity index (χ1v) is 9.31. The van der Waals surface area contributed by atoms with E-state index >= 15 is 0 Å². The summed E-state index contributed by atoms with van der Waals surface area (Å²) >= 11 is 0. The number of aliphatic hydroxyl groups excluding tert-OH is 1. The third-order valence-corrected chi connectivity index (χ3v) is 5.18. The minimum Gasteiger partial charge on any atom is -0.505 e. The number of methoxy groups -OCH3 is 1. The second-order valence-electron chi connectivity index (χ2n) is 7.10. The highest BCUT2D eigenvalue weighted by Crippen LogP contribution is 2.42. The van der Waals surface area contributed by atoms with Crippen molar-refractivity contribution in [2.45, 2.75) is 26.8 Å². The Kier molecular flexibility index (Phi) is 4.77. The van der Waals surface area contributed by atoms with Gasteiger partial charge in [-0.05, 0) is 38.5 Å². The fourth-order valence-electron chi connectivity index (χ4n) is 3.78. The first-order chi connectivity index (χ1) is 14.8. The van der Waals surface area contributed by atoms with Crippen LogP contribution in [-0.4, -0.2) is 40.0 Å². The normalized spacial score (nSPS) is 18.1. The zero-order valence-electron chi connectivity index (χ0n) is 17.2. The van der Waals surface area contributed by atoms with Crippen LogP contribution in [0.3, 0.4) is 0 Å². The van der Waals surface area contributed by atoms with Gasteiger partial charge in [-0.3, -0.25) is 14.5 Å². The van der Waals surface area contributed by atoms with Crippen molar-refractivity contribution in [3.05, 3.63) is 64.1 Å². The van der Waals surface area contributed by atoms with Crippen LogP contribution >= 0.6 is 0 Å². The maximum Gasteiger partial charge on any atom is 0.339 e. The summed E-state index contributed by atoms with van der Waals surface area (Å²) in [6, 6.07) is 3.60. The Bertz CT molecular complexity index is 1230. The molecule has 1 unspecified atom stereocenters. The number of furan rings is 1. The van der Waals surface area contributed by atoms with Crippen molar-refractivity contribution in [3.8, 4) is 0 Å². The van der Waals surface area contributed by atoms with E-state index in [9.17, 15) is 19.5 Å². The zero-order chi connectivity index (χ0) is 22.4. The van der Waals surface area contributed by atoms with Crippen LogP contribution < -0.4 is 4.90 Å². The number of amides is 1. The number of ether oxygens (including phenoxy) is 1. The Labute approximate surface area is 176 Å². The smallest absolute Gasteiger partial charge is 0.339 e. The van der Waals surface area contributed by atoms with Crippen LogP contribution in [0.15, 0.2) is 39.0 Å². The predicted molar refractivity (Wildman–Crippen MR) is 106 cm³/mol. The molecule has 10 nitrogen and oxygen atoms in total. The number of esters is 1. The summed E-state index contributed by atoms with van der Waals surface area (Å²) in [5.41, 5.74) is 0.982. The van der Waals surface area contributed by atoms with Gasteiger partial charge < -0.3 is 23.8 Å². The molecule has 3 aromatic rings. The first-order valence-electron chi connectivity index (χ1n) is 9.31. The number of carbonyl (C=O) groups excluding carboxylic acids is 3. The SMILES string of the molecule is COC(=O)c1c(C)[nH]c(/C(O)=C2\C(=O)C(=O)N(c3cc(C)on3)C2c2ccco2)c1C. The van der Waals surface area contributed by atoms with Gasteiger partial charge in [0.15, 0.2) is 5.82 Å². The monoisotopic (exact) mass is 425 g/mol. The van der Waals surface area contributed by atoms with E-state index < -0.39 is 29.5 Å². The van der Waals surface area contributed by atoms with Gasteiger partial charge in [-0.2, -0.15) is 0 Å². The number of Topliss-reactive ketones (excluding diaryl/α,β-unsaturated/α-hetero) is 1. The number of hydrogen-bond acceptors (Lipinski definition) is 8. The van der Waals surface area contributed by atoms with Crippen LogP contribution in [0.1, 0.15) is 44.9 Å². The molecule has 4 rings (SSSR count). The van der Waals surface area contributed by atoms with Gasteiger partial charge >= 0.3 is 11.9 Å². The Balaban J connectivity index is 1.94. The quantitative estimate of drug-likeness (QED) is 0.281. The summed E-state index contributed by atoms with van der Waals surface area (Å²) < 4.78 is 15.3. The molecule has 3 aromatic heterocycles. The van der Waals surface area contributed by atoms with Gasteiger partial charge in [0.05, 0.1) is 30.2 Å². The number of nitrogens with zero attached hydrogens (tertiary/aromatic N) is 2. The summed E-state index contributed by atoms with van der Waals surface area (Å²) in [6.45, 7) is 4.88. The molecule has 160 valence electrons. The average Bonchev–Trinajstić information content (AvgIpc) is 3.50. The van der Waals surface area contributed by atoms with Crippen molar-refractivity contribution >= 4 is 29.2 Å². The molecular formula is C21H19N3O7. The molecule has 1 fully saturated rings. The fraction of sp³-hybridized carbons (Fsp3) is 0.238. The van der Waals surface area contributed by atoms with Crippen molar-refractivity contribution in [2.24, 2.45) is 0 Å². The molecule has 2 N–H and O–H groups in total. The van der Waals surface area contributed by atoms with E-state index in [0.29, 0.717) is 17.0 Å². The molecule has 1 aliphatic rings. The van der Waals surface area contributed by atoms with Crippen molar-refractivity contribution in [3.63, 3.8) is 0 Å². The maximum atomic E-state index is 13.0. The molecule has 1 amide bonds. The van der Waals surface area contributed by atoms with Gasteiger partial charge in [0.2, 0.25) is 0 Å². The molecule has 0 aliphatic carbocycles. The average molecular weight is 425 g/mol. The van der Waals surface area contributed by atoms with Crippen molar-refractivity contribution < 1.29 is 33.2 Å². The topological polar surface area (TPSA) is 139 Å². The lowest BCUT2D eigenvalue weighted by atomic mass is 9.99. The van der Waals surface area contributed by atoms with Crippen molar-refractivity contribution in [2.75, 3.05) is 12.0 Å². The lowest BCUT2D eigenvalue weighted by molar-refractivity contribution is -0.132. The first kappa shape index (κ1) is 20.2. The highest BCUT2D eigenvalue weighted by atomic mass is 16.5. The summed E-state index contributed by atoms with van der Waals surface area (Å²) in [4.78, 5) is 42.0. The molecule has 1 aliphatic heterocycles. The summed E-state index contributed by atoms with van der Waals surface area (Å²) in [5.74, 6) is -2.10. The van der Waals surface area contributed by atoms with E-state index in [1.807, 2.05) is 0 Å². The Morgan fingerprint density at radius 1 is 1.29 bits per heavy atom. The van der Waals surface area contributed by atoms with Crippen molar-refractivity contribution in [1.29, 1.82) is 0 Å². The second kappa shape index (κ2) is 7.31. The molecule has 4 heterocycles. The summed E-state index contributed by atoms with van der Waals surface area (Å²) in [6.07, 6.45) is 1.39. The van der Waals surface area contributed by atoms with Crippen LogP contribution in [0.2, 0.25) is 0 Å².